The number of aldehydes is 2. The van der Waals surface area contributed by atoms with E-state index in [0.29, 0.717) is 23.7 Å². The summed E-state index contributed by atoms with van der Waals surface area (Å²) in [6, 6.07) is 0. The summed E-state index contributed by atoms with van der Waals surface area (Å²) < 4.78 is 21.8. The quantitative estimate of drug-likeness (QED) is 0.182. The molecule has 6 heteroatoms. The van der Waals surface area contributed by atoms with Crippen molar-refractivity contribution < 1.29 is 28.5 Å². The summed E-state index contributed by atoms with van der Waals surface area (Å²) in [6.45, 7) is 0. The van der Waals surface area contributed by atoms with E-state index in [0.717, 1.165) is 94.7 Å². The average Bonchev–Trinajstić information content (AvgIpc) is 4.03. The second-order valence-electron chi connectivity index (χ2n) is 21.4. The Balaban J connectivity index is 0.0000000954. The van der Waals surface area contributed by atoms with E-state index in [-0.39, 0.29) is 12.6 Å². The van der Waals surface area contributed by atoms with Crippen LogP contribution in [0.5, 0.6) is 0 Å². The molecule has 12 saturated carbocycles. The highest BCUT2D eigenvalue weighted by Gasteiger charge is 2.56. The van der Waals surface area contributed by atoms with Crippen LogP contribution in [0.4, 0.5) is 0 Å². The van der Waals surface area contributed by atoms with Crippen molar-refractivity contribution >= 4 is 12.6 Å². The van der Waals surface area contributed by atoms with Gasteiger partial charge in [-0.1, -0.05) is 0 Å². The summed E-state index contributed by atoms with van der Waals surface area (Å²) >= 11 is 0. The van der Waals surface area contributed by atoms with E-state index < -0.39 is 0 Å². The summed E-state index contributed by atoms with van der Waals surface area (Å²) in [6.07, 6.45) is 30.9. The van der Waals surface area contributed by atoms with E-state index in [9.17, 15) is 9.59 Å². The van der Waals surface area contributed by atoms with E-state index >= 15 is 0 Å². The van der Waals surface area contributed by atoms with Crippen molar-refractivity contribution in [1.29, 1.82) is 0 Å². The Morgan fingerprint density at radius 1 is 0.389 bits per heavy atom. The first-order chi connectivity index (χ1) is 26.5. The summed E-state index contributed by atoms with van der Waals surface area (Å²) in [7, 11) is 7.12. The fraction of sp³-hybridized carbons (Fsp3) is 0.958. The normalized spacial score (nSPS) is 51.4. The molecule has 0 aliphatic heterocycles. The van der Waals surface area contributed by atoms with Crippen molar-refractivity contribution in [2.45, 2.75) is 141 Å². The lowest BCUT2D eigenvalue weighted by molar-refractivity contribution is -0.150. The van der Waals surface area contributed by atoms with Crippen LogP contribution in [0, 0.1) is 118 Å². The molecule has 304 valence electrons. The van der Waals surface area contributed by atoms with E-state index in [1.807, 2.05) is 0 Å². The molecule has 0 saturated heterocycles. The van der Waals surface area contributed by atoms with Crippen molar-refractivity contribution in [3.8, 4) is 0 Å². The summed E-state index contributed by atoms with van der Waals surface area (Å²) in [4.78, 5) is 21.5. The van der Waals surface area contributed by atoms with Gasteiger partial charge in [-0.15, -0.1) is 0 Å². The van der Waals surface area contributed by atoms with Gasteiger partial charge in [-0.25, -0.2) is 0 Å². The third-order valence-corrected chi connectivity index (χ3v) is 19.9. The standard InChI is InChI=1S/2C13H22O2.2C11H16O/c1-14-13(15-2)10-6-11-8-3-4-9(5-8)12(11)7-10;1-14-13(15-2)11-6-5-10-8-3-4-9(7-8)12(10)11;12-6-7-3-10-8-1-2-9(5-8)11(10)4-7;12-6-9-3-4-10-7-1-2-8(5-7)11(9)10/h2*8-13H,3-7H2,1-2H3;2*6-11H,1-5H2/t8?,9?,10?,11-,12+;8?,9?,10-,11?,12+;7?,8?,9?,10-,11+;7?,8?,9?,10-,11-/m.0.0/s1. The van der Waals surface area contributed by atoms with Gasteiger partial charge in [-0.05, 0) is 223 Å². The van der Waals surface area contributed by atoms with Crippen LogP contribution < -0.4 is 0 Å². The summed E-state index contributed by atoms with van der Waals surface area (Å²) in [5, 5.41) is 0. The molecule has 0 amide bonds. The van der Waals surface area contributed by atoms with Crippen molar-refractivity contribution in [3.05, 3.63) is 0 Å². The zero-order valence-corrected chi connectivity index (χ0v) is 34.4. The van der Waals surface area contributed by atoms with Crippen LogP contribution in [-0.2, 0) is 28.5 Å². The zero-order valence-electron chi connectivity index (χ0n) is 34.4. The Morgan fingerprint density at radius 3 is 1.28 bits per heavy atom. The van der Waals surface area contributed by atoms with E-state index in [4.69, 9.17) is 18.9 Å². The molecule has 0 aromatic carbocycles. The number of carbonyl (C=O) groups excluding carboxylic acids is 2. The van der Waals surface area contributed by atoms with Crippen molar-refractivity contribution in [1.82, 2.24) is 0 Å². The van der Waals surface area contributed by atoms with Gasteiger partial charge in [0.05, 0.1) is 0 Å². The smallest absolute Gasteiger partial charge is 0.159 e. The van der Waals surface area contributed by atoms with Gasteiger partial charge in [-0.3, -0.25) is 0 Å². The summed E-state index contributed by atoms with van der Waals surface area (Å²) in [5.74, 6) is 18.1. The second-order valence-corrected chi connectivity index (χ2v) is 21.4. The molecule has 8 bridgehead atoms. The van der Waals surface area contributed by atoms with Gasteiger partial charge in [0.2, 0.25) is 0 Å². The van der Waals surface area contributed by atoms with Gasteiger partial charge in [0.25, 0.3) is 0 Å². The van der Waals surface area contributed by atoms with Crippen LogP contribution in [0.1, 0.15) is 128 Å². The van der Waals surface area contributed by atoms with Crippen molar-refractivity contribution in [2.75, 3.05) is 28.4 Å². The highest BCUT2D eigenvalue weighted by atomic mass is 16.7. The third-order valence-electron chi connectivity index (χ3n) is 19.9. The van der Waals surface area contributed by atoms with Gasteiger partial charge < -0.3 is 28.5 Å². The molecule has 0 radical (unpaired) electrons. The van der Waals surface area contributed by atoms with Gasteiger partial charge in [0, 0.05) is 52.1 Å². The molecule has 54 heavy (non-hydrogen) atoms. The lowest BCUT2D eigenvalue weighted by Gasteiger charge is -2.32. The predicted octanol–water partition coefficient (Wildman–Crippen LogP) is 9.87. The first-order valence-corrected chi connectivity index (χ1v) is 23.5. The fourth-order valence-electron chi connectivity index (χ4n) is 18.1. The lowest BCUT2D eigenvalue weighted by atomic mass is 9.78. The number of fused-ring (bicyclic) bond motifs is 20. The second kappa shape index (κ2) is 16.4. The number of hydrogen-bond acceptors (Lipinski definition) is 6. The molecule has 6 nitrogen and oxygen atoms in total. The highest BCUT2D eigenvalue weighted by Crippen LogP contribution is 2.63. The predicted molar refractivity (Wildman–Crippen MR) is 210 cm³/mol. The van der Waals surface area contributed by atoms with Gasteiger partial charge in [0.15, 0.2) is 12.6 Å². The highest BCUT2D eigenvalue weighted by molar-refractivity contribution is 5.55. The Hall–Kier alpha value is -0.820. The molecule has 0 aromatic rings. The molecule has 12 unspecified atom stereocenters. The molecule has 12 aliphatic rings. The average molecular weight is 749 g/mol. The largest absolute Gasteiger partial charge is 0.356 e. The fourth-order valence-corrected chi connectivity index (χ4v) is 18.1. The van der Waals surface area contributed by atoms with Gasteiger partial charge >= 0.3 is 0 Å². The monoisotopic (exact) mass is 749 g/mol. The number of rotatable bonds is 8. The Kier molecular flexibility index (Phi) is 11.8. The SMILES string of the molecule is COC(OC)C1CC[C@H]2C3CCC(C3)[C@@H]12.COC(OC)C1C[C@@H]2C3CCC(C3)[C@@H]2C1.O=CC1CC[C@H]2C3CCC(C3)[C@@H]12.O=CC1C[C@@H]2C3CCC(C3)[C@@H]2C1. The van der Waals surface area contributed by atoms with E-state index in [2.05, 4.69) is 0 Å². The van der Waals surface area contributed by atoms with Crippen LogP contribution in [0.3, 0.4) is 0 Å². The van der Waals surface area contributed by atoms with Crippen LogP contribution in [0.15, 0.2) is 0 Å². The minimum absolute atomic E-state index is 0.0509. The maximum Gasteiger partial charge on any atom is 0.159 e. The Morgan fingerprint density at radius 2 is 0.796 bits per heavy atom. The van der Waals surface area contributed by atoms with Gasteiger partial charge in [0.1, 0.15) is 12.6 Å². The minimum Gasteiger partial charge on any atom is -0.356 e. The molecule has 0 heterocycles. The minimum atomic E-state index is 0.0509. The molecule has 20 atom stereocenters. The molecule has 12 aliphatic carbocycles. The van der Waals surface area contributed by atoms with Gasteiger partial charge in [-0.2, -0.15) is 0 Å². The lowest BCUT2D eigenvalue weighted by Crippen LogP contribution is -2.32. The number of ether oxygens (including phenoxy) is 4. The number of carbonyl (C=O) groups is 2. The molecule has 0 N–H and O–H groups in total. The zero-order chi connectivity index (χ0) is 37.1. The van der Waals surface area contributed by atoms with Crippen LogP contribution in [0.25, 0.3) is 0 Å². The van der Waals surface area contributed by atoms with Crippen LogP contribution in [-0.4, -0.2) is 53.6 Å². The number of hydrogen-bond donors (Lipinski definition) is 0. The molecular weight excluding hydrogens is 673 g/mol. The molecule has 0 spiro atoms. The first-order valence-electron chi connectivity index (χ1n) is 23.5. The van der Waals surface area contributed by atoms with E-state index in [1.165, 1.54) is 141 Å². The molecule has 12 fully saturated rings. The first kappa shape index (κ1) is 38.7. The number of methoxy groups -OCH3 is 4. The van der Waals surface area contributed by atoms with Crippen molar-refractivity contribution in [2.24, 2.45) is 118 Å². The Bertz CT molecular complexity index is 1240. The molecular formula is C48H76O6. The maximum atomic E-state index is 10.8. The van der Waals surface area contributed by atoms with Crippen molar-refractivity contribution in [3.63, 3.8) is 0 Å². The maximum absolute atomic E-state index is 10.8. The summed E-state index contributed by atoms with van der Waals surface area (Å²) in [5.41, 5.74) is 0. The van der Waals surface area contributed by atoms with Crippen LogP contribution in [0.2, 0.25) is 0 Å². The molecule has 0 aromatic heterocycles. The third kappa shape index (κ3) is 6.85. The molecule has 12 rings (SSSR count). The van der Waals surface area contributed by atoms with E-state index in [1.54, 1.807) is 28.4 Å². The van der Waals surface area contributed by atoms with Crippen LogP contribution >= 0.6 is 0 Å². The topological polar surface area (TPSA) is 71.1 Å². The Labute approximate surface area is 328 Å².